The van der Waals surface area contributed by atoms with Crippen molar-refractivity contribution in [3.63, 3.8) is 0 Å². The van der Waals surface area contributed by atoms with Crippen molar-refractivity contribution in [2.24, 2.45) is 0 Å². The van der Waals surface area contributed by atoms with Gasteiger partial charge in [-0.05, 0) is 6.07 Å². The third kappa shape index (κ3) is 2.63. The molecule has 2 heterocycles. The molecule has 0 bridgehead atoms. The molecule has 0 aliphatic carbocycles. The third-order valence-electron chi connectivity index (χ3n) is 2.23. The van der Waals surface area contributed by atoms with Gasteiger partial charge in [-0.25, -0.2) is 4.98 Å². The summed E-state index contributed by atoms with van der Waals surface area (Å²) in [5.74, 6) is 0.950. The summed E-state index contributed by atoms with van der Waals surface area (Å²) in [5, 5.41) is 7.20. The van der Waals surface area contributed by atoms with Crippen LogP contribution in [0, 0.1) is 0 Å². The SMILES string of the molecule is COc1ncnc(NCCn2cccn2)c1N. The summed E-state index contributed by atoms with van der Waals surface area (Å²) in [6, 6.07) is 1.88. The lowest BCUT2D eigenvalue weighted by atomic mass is 10.4. The summed E-state index contributed by atoms with van der Waals surface area (Å²) in [6.45, 7) is 1.41. The van der Waals surface area contributed by atoms with Crippen molar-refractivity contribution >= 4 is 11.5 Å². The van der Waals surface area contributed by atoms with Crippen LogP contribution in [-0.2, 0) is 6.54 Å². The van der Waals surface area contributed by atoms with E-state index < -0.39 is 0 Å². The molecule has 7 heteroatoms. The van der Waals surface area contributed by atoms with Crippen LogP contribution >= 0.6 is 0 Å². The molecular weight excluding hydrogens is 220 g/mol. The predicted octanol–water partition coefficient (Wildman–Crippen LogP) is 0.376. The Bertz CT molecular complexity index is 470. The molecular formula is C10H14N6O. The molecule has 7 nitrogen and oxygen atoms in total. The van der Waals surface area contributed by atoms with E-state index in [4.69, 9.17) is 10.5 Å². The van der Waals surface area contributed by atoms with Gasteiger partial charge in [0.2, 0.25) is 5.88 Å². The molecule has 3 N–H and O–H groups in total. The van der Waals surface area contributed by atoms with Crippen LogP contribution in [-0.4, -0.2) is 33.4 Å². The topological polar surface area (TPSA) is 90.9 Å². The number of methoxy groups -OCH3 is 1. The monoisotopic (exact) mass is 234 g/mol. The van der Waals surface area contributed by atoms with Gasteiger partial charge in [0.15, 0.2) is 5.82 Å². The van der Waals surface area contributed by atoms with Crippen LogP contribution in [0.4, 0.5) is 11.5 Å². The zero-order chi connectivity index (χ0) is 12.1. The zero-order valence-electron chi connectivity index (χ0n) is 9.50. The van der Waals surface area contributed by atoms with Crippen molar-refractivity contribution in [2.45, 2.75) is 6.54 Å². The Morgan fingerprint density at radius 3 is 3.06 bits per heavy atom. The lowest BCUT2D eigenvalue weighted by molar-refractivity contribution is 0.399. The first-order chi connectivity index (χ1) is 8.31. The molecule has 0 aromatic carbocycles. The van der Waals surface area contributed by atoms with E-state index in [2.05, 4.69) is 20.4 Å². The minimum atomic E-state index is 0.376. The number of nitrogens with one attached hydrogen (secondary N) is 1. The Kier molecular flexibility index (Phi) is 3.39. The van der Waals surface area contributed by atoms with Crippen LogP contribution in [0.15, 0.2) is 24.8 Å². The summed E-state index contributed by atoms with van der Waals surface area (Å²) in [5.41, 5.74) is 6.23. The lowest BCUT2D eigenvalue weighted by Gasteiger charge is -2.09. The summed E-state index contributed by atoms with van der Waals surface area (Å²) >= 11 is 0. The van der Waals surface area contributed by atoms with E-state index in [-0.39, 0.29) is 0 Å². The zero-order valence-corrected chi connectivity index (χ0v) is 9.50. The molecule has 2 rings (SSSR count). The average Bonchev–Trinajstić information content (AvgIpc) is 2.84. The molecule has 0 unspecified atom stereocenters. The Hall–Kier alpha value is -2.31. The smallest absolute Gasteiger partial charge is 0.242 e. The number of nitrogen functional groups attached to an aromatic ring is 1. The van der Waals surface area contributed by atoms with Crippen LogP contribution in [0.3, 0.4) is 0 Å². The average molecular weight is 234 g/mol. The van der Waals surface area contributed by atoms with Gasteiger partial charge in [0, 0.05) is 18.9 Å². The minimum absolute atomic E-state index is 0.376. The summed E-state index contributed by atoms with van der Waals surface area (Å²) in [6.07, 6.45) is 5.04. The Morgan fingerprint density at radius 1 is 1.47 bits per heavy atom. The molecule has 0 radical (unpaired) electrons. The first kappa shape index (κ1) is 11.2. The number of hydrogen-bond acceptors (Lipinski definition) is 6. The molecule has 2 aromatic rings. The number of hydrogen-bond donors (Lipinski definition) is 2. The highest BCUT2D eigenvalue weighted by Crippen LogP contribution is 2.23. The van der Waals surface area contributed by atoms with Gasteiger partial charge in [0.05, 0.1) is 13.7 Å². The Morgan fingerprint density at radius 2 is 2.35 bits per heavy atom. The largest absolute Gasteiger partial charge is 0.479 e. The summed E-state index contributed by atoms with van der Waals surface area (Å²) < 4.78 is 6.83. The summed E-state index contributed by atoms with van der Waals surface area (Å²) in [7, 11) is 1.52. The highest BCUT2D eigenvalue weighted by atomic mass is 16.5. The normalized spacial score (nSPS) is 10.2. The highest BCUT2D eigenvalue weighted by Gasteiger charge is 2.07. The lowest BCUT2D eigenvalue weighted by Crippen LogP contribution is -2.13. The number of aromatic nitrogens is 4. The van der Waals surface area contributed by atoms with Gasteiger partial charge in [-0.1, -0.05) is 0 Å². The molecule has 0 aliphatic rings. The second-order valence-corrected chi connectivity index (χ2v) is 3.34. The fourth-order valence-corrected chi connectivity index (χ4v) is 1.40. The second kappa shape index (κ2) is 5.15. The molecule has 0 fully saturated rings. The van der Waals surface area contributed by atoms with Gasteiger partial charge < -0.3 is 15.8 Å². The molecule has 90 valence electrons. The van der Waals surface area contributed by atoms with E-state index in [1.807, 2.05) is 16.9 Å². The van der Waals surface area contributed by atoms with Gasteiger partial charge in [-0.3, -0.25) is 4.68 Å². The van der Waals surface area contributed by atoms with Gasteiger partial charge in [-0.15, -0.1) is 0 Å². The van der Waals surface area contributed by atoms with Gasteiger partial charge in [0.1, 0.15) is 12.0 Å². The fourth-order valence-electron chi connectivity index (χ4n) is 1.40. The van der Waals surface area contributed by atoms with Crippen molar-refractivity contribution < 1.29 is 4.74 Å². The first-order valence-electron chi connectivity index (χ1n) is 5.17. The molecule has 0 saturated carbocycles. The van der Waals surface area contributed by atoms with E-state index in [0.717, 1.165) is 6.54 Å². The molecule has 0 amide bonds. The molecule has 2 aromatic heterocycles. The van der Waals surface area contributed by atoms with Crippen LogP contribution in [0.25, 0.3) is 0 Å². The Balaban J connectivity index is 1.95. The van der Waals surface area contributed by atoms with E-state index >= 15 is 0 Å². The third-order valence-corrected chi connectivity index (χ3v) is 2.23. The van der Waals surface area contributed by atoms with Gasteiger partial charge in [0.25, 0.3) is 0 Å². The maximum Gasteiger partial charge on any atom is 0.242 e. The van der Waals surface area contributed by atoms with Crippen molar-refractivity contribution in [1.82, 2.24) is 19.7 Å². The van der Waals surface area contributed by atoms with Crippen molar-refractivity contribution in [3.05, 3.63) is 24.8 Å². The van der Waals surface area contributed by atoms with Crippen LogP contribution < -0.4 is 15.8 Å². The number of rotatable bonds is 5. The van der Waals surface area contributed by atoms with Crippen molar-refractivity contribution in [3.8, 4) is 5.88 Å². The number of anilines is 2. The van der Waals surface area contributed by atoms with E-state index in [1.165, 1.54) is 13.4 Å². The van der Waals surface area contributed by atoms with Gasteiger partial charge >= 0.3 is 0 Å². The standard InChI is InChI=1S/C10H14N6O/c1-17-10-8(11)9(13-7-14-10)12-4-6-16-5-2-3-15-16/h2-3,5,7H,4,6,11H2,1H3,(H,12,13,14). The van der Waals surface area contributed by atoms with Gasteiger partial charge in [-0.2, -0.15) is 10.1 Å². The second-order valence-electron chi connectivity index (χ2n) is 3.34. The van der Waals surface area contributed by atoms with E-state index in [1.54, 1.807) is 6.20 Å². The Labute approximate surface area is 98.6 Å². The first-order valence-corrected chi connectivity index (χ1v) is 5.17. The molecule has 0 saturated heterocycles. The molecule has 0 spiro atoms. The number of nitrogens with two attached hydrogens (primary N) is 1. The minimum Gasteiger partial charge on any atom is -0.479 e. The summed E-state index contributed by atoms with van der Waals surface area (Å²) in [4.78, 5) is 7.95. The van der Waals surface area contributed by atoms with E-state index in [0.29, 0.717) is 23.9 Å². The number of ether oxygens (including phenoxy) is 1. The van der Waals surface area contributed by atoms with Crippen LogP contribution in [0.2, 0.25) is 0 Å². The van der Waals surface area contributed by atoms with Crippen molar-refractivity contribution in [1.29, 1.82) is 0 Å². The van der Waals surface area contributed by atoms with Crippen molar-refractivity contribution in [2.75, 3.05) is 24.7 Å². The maximum absolute atomic E-state index is 5.82. The van der Waals surface area contributed by atoms with E-state index in [9.17, 15) is 0 Å². The van der Waals surface area contributed by atoms with Crippen LogP contribution in [0.5, 0.6) is 5.88 Å². The molecule has 0 atom stereocenters. The quantitative estimate of drug-likeness (QED) is 0.777. The molecule has 0 aliphatic heterocycles. The molecule has 17 heavy (non-hydrogen) atoms. The fraction of sp³-hybridized carbons (Fsp3) is 0.300. The van der Waals surface area contributed by atoms with Crippen LogP contribution in [0.1, 0.15) is 0 Å². The number of nitrogens with zero attached hydrogens (tertiary/aromatic N) is 4. The predicted molar refractivity (Wildman–Crippen MR) is 63.7 cm³/mol. The highest BCUT2D eigenvalue weighted by molar-refractivity contribution is 5.66. The maximum atomic E-state index is 5.82.